The minimum Gasteiger partial charge on any atom is -0.336 e. The SMILES string of the molecule is O=C(c1cnn(-c2ccccc2)n1)N1CC[C@H](S(=O)(=O)c2ccc(Cl)cc2)C1. The van der Waals surface area contributed by atoms with Crippen LogP contribution in [0.15, 0.2) is 65.7 Å². The van der Waals surface area contributed by atoms with E-state index in [2.05, 4.69) is 10.2 Å². The zero-order chi connectivity index (χ0) is 19.7. The van der Waals surface area contributed by atoms with Crippen LogP contribution in [-0.4, -0.2) is 52.6 Å². The number of nitrogens with zero attached hydrogens (tertiary/aromatic N) is 4. The first-order chi connectivity index (χ1) is 13.4. The summed E-state index contributed by atoms with van der Waals surface area (Å²) in [4.78, 5) is 15.8. The maximum Gasteiger partial charge on any atom is 0.276 e. The summed E-state index contributed by atoms with van der Waals surface area (Å²) in [5, 5.41) is 8.18. The van der Waals surface area contributed by atoms with Gasteiger partial charge in [0.2, 0.25) is 0 Å². The van der Waals surface area contributed by atoms with Crippen molar-refractivity contribution < 1.29 is 13.2 Å². The number of carbonyl (C=O) groups excluding carboxylic acids is 1. The van der Waals surface area contributed by atoms with E-state index in [1.54, 1.807) is 12.1 Å². The molecule has 4 rings (SSSR count). The molecule has 7 nitrogen and oxygen atoms in total. The van der Waals surface area contributed by atoms with E-state index in [-0.39, 0.29) is 23.0 Å². The Morgan fingerprint density at radius 2 is 1.79 bits per heavy atom. The molecule has 1 atom stereocenters. The summed E-state index contributed by atoms with van der Waals surface area (Å²) in [5.74, 6) is -0.323. The Morgan fingerprint density at radius 1 is 1.07 bits per heavy atom. The minimum atomic E-state index is -3.54. The van der Waals surface area contributed by atoms with Crippen LogP contribution >= 0.6 is 11.6 Å². The van der Waals surface area contributed by atoms with Crippen molar-refractivity contribution in [1.82, 2.24) is 19.9 Å². The highest BCUT2D eigenvalue weighted by atomic mass is 35.5. The van der Waals surface area contributed by atoms with Crippen LogP contribution in [0.2, 0.25) is 5.02 Å². The van der Waals surface area contributed by atoms with Crippen LogP contribution in [0.1, 0.15) is 16.9 Å². The molecule has 9 heteroatoms. The van der Waals surface area contributed by atoms with Crippen molar-refractivity contribution in [2.24, 2.45) is 0 Å². The van der Waals surface area contributed by atoms with Crippen molar-refractivity contribution >= 4 is 27.3 Å². The van der Waals surface area contributed by atoms with Crippen molar-refractivity contribution in [1.29, 1.82) is 0 Å². The van der Waals surface area contributed by atoms with Gasteiger partial charge in [-0.2, -0.15) is 9.90 Å². The summed E-state index contributed by atoms with van der Waals surface area (Å²) in [6, 6.07) is 15.3. The number of carbonyl (C=O) groups is 1. The summed E-state index contributed by atoms with van der Waals surface area (Å²) in [6.07, 6.45) is 1.78. The van der Waals surface area contributed by atoms with Crippen molar-refractivity contribution in [2.75, 3.05) is 13.1 Å². The Labute approximate surface area is 167 Å². The number of hydrogen-bond acceptors (Lipinski definition) is 5. The Morgan fingerprint density at radius 3 is 2.50 bits per heavy atom. The molecule has 0 aliphatic carbocycles. The second-order valence-corrected chi connectivity index (χ2v) is 9.18. The molecule has 0 bridgehead atoms. The average molecular weight is 417 g/mol. The maximum absolute atomic E-state index is 12.8. The zero-order valence-corrected chi connectivity index (χ0v) is 16.3. The number of para-hydroxylation sites is 1. The fraction of sp³-hybridized carbons (Fsp3) is 0.211. The lowest BCUT2D eigenvalue weighted by Crippen LogP contribution is -2.32. The van der Waals surface area contributed by atoms with Gasteiger partial charge < -0.3 is 4.90 Å². The molecular weight excluding hydrogens is 400 g/mol. The number of halogens is 1. The molecular formula is C19H17ClN4O3S. The van der Waals surface area contributed by atoms with Gasteiger partial charge in [-0.05, 0) is 42.8 Å². The van der Waals surface area contributed by atoms with E-state index in [4.69, 9.17) is 11.6 Å². The molecule has 0 N–H and O–H groups in total. The van der Waals surface area contributed by atoms with Crippen LogP contribution in [0.25, 0.3) is 5.69 Å². The molecule has 1 aliphatic rings. The monoisotopic (exact) mass is 416 g/mol. The van der Waals surface area contributed by atoms with E-state index < -0.39 is 15.1 Å². The Balaban J connectivity index is 1.49. The predicted molar refractivity (Wildman–Crippen MR) is 104 cm³/mol. The third kappa shape index (κ3) is 3.53. The predicted octanol–water partition coefficient (Wildman–Crippen LogP) is 2.61. The first-order valence-electron chi connectivity index (χ1n) is 8.71. The van der Waals surface area contributed by atoms with Crippen molar-refractivity contribution in [3.05, 3.63) is 71.5 Å². The highest BCUT2D eigenvalue weighted by Gasteiger charge is 2.37. The van der Waals surface area contributed by atoms with Gasteiger partial charge in [-0.3, -0.25) is 4.79 Å². The molecule has 1 amide bonds. The smallest absolute Gasteiger partial charge is 0.276 e. The molecule has 3 aromatic rings. The van der Waals surface area contributed by atoms with Crippen LogP contribution in [-0.2, 0) is 9.84 Å². The number of amides is 1. The van der Waals surface area contributed by atoms with Crippen LogP contribution in [0.4, 0.5) is 0 Å². The second kappa shape index (κ2) is 7.37. The van der Waals surface area contributed by atoms with Crippen LogP contribution in [0.3, 0.4) is 0 Å². The fourth-order valence-electron chi connectivity index (χ4n) is 3.19. The Hall–Kier alpha value is -2.71. The lowest BCUT2D eigenvalue weighted by molar-refractivity contribution is 0.0787. The molecule has 0 unspecified atom stereocenters. The second-order valence-electron chi connectivity index (χ2n) is 6.52. The van der Waals surface area contributed by atoms with E-state index in [9.17, 15) is 13.2 Å². The van der Waals surface area contributed by atoms with Crippen molar-refractivity contribution in [3.63, 3.8) is 0 Å². The molecule has 0 spiro atoms. The summed E-state index contributed by atoms with van der Waals surface area (Å²) in [6.45, 7) is 0.483. The van der Waals surface area contributed by atoms with Gasteiger partial charge in [0.15, 0.2) is 15.5 Å². The number of likely N-dealkylation sites (tertiary alicyclic amines) is 1. The standard InChI is InChI=1S/C19H17ClN4O3S/c20-14-6-8-16(9-7-14)28(26,27)17-10-11-23(13-17)19(25)18-12-21-24(22-18)15-4-2-1-3-5-15/h1-9,12,17H,10-11,13H2/t17-/m0/s1. The lowest BCUT2D eigenvalue weighted by atomic mass is 10.3. The van der Waals surface area contributed by atoms with Gasteiger partial charge in [0, 0.05) is 18.1 Å². The largest absolute Gasteiger partial charge is 0.336 e. The Kier molecular flexibility index (Phi) is 4.91. The van der Waals surface area contributed by atoms with Gasteiger partial charge in [0.1, 0.15) is 0 Å². The van der Waals surface area contributed by atoms with Crippen LogP contribution in [0, 0.1) is 0 Å². The van der Waals surface area contributed by atoms with E-state index in [0.717, 1.165) is 5.69 Å². The van der Waals surface area contributed by atoms with Crippen molar-refractivity contribution in [2.45, 2.75) is 16.6 Å². The highest BCUT2D eigenvalue weighted by Crippen LogP contribution is 2.25. The fourth-order valence-corrected chi connectivity index (χ4v) is 5.01. The van der Waals surface area contributed by atoms with E-state index in [0.29, 0.717) is 18.0 Å². The van der Waals surface area contributed by atoms with Gasteiger partial charge in [-0.15, -0.1) is 5.10 Å². The van der Waals surface area contributed by atoms with Gasteiger partial charge in [0.05, 0.1) is 22.0 Å². The Bertz CT molecular complexity index is 1100. The van der Waals surface area contributed by atoms with Crippen LogP contribution in [0.5, 0.6) is 0 Å². The summed E-state index contributed by atoms with van der Waals surface area (Å²) >= 11 is 5.84. The number of benzene rings is 2. The third-order valence-corrected chi connectivity index (χ3v) is 7.15. The van der Waals surface area contributed by atoms with Gasteiger partial charge in [-0.1, -0.05) is 29.8 Å². The summed E-state index contributed by atoms with van der Waals surface area (Å²) in [5.41, 5.74) is 0.930. The molecule has 0 saturated carbocycles. The molecule has 28 heavy (non-hydrogen) atoms. The lowest BCUT2D eigenvalue weighted by Gasteiger charge is -2.15. The molecule has 1 fully saturated rings. The first-order valence-corrected chi connectivity index (χ1v) is 10.6. The first kappa shape index (κ1) is 18.6. The number of sulfone groups is 1. The summed E-state index contributed by atoms with van der Waals surface area (Å²) < 4.78 is 25.7. The maximum atomic E-state index is 12.8. The molecule has 1 saturated heterocycles. The van der Waals surface area contributed by atoms with E-state index in [1.807, 2.05) is 30.3 Å². The molecule has 2 aromatic carbocycles. The van der Waals surface area contributed by atoms with E-state index >= 15 is 0 Å². The topological polar surface area (TPSA) is 85.2 Å². The minimum absolute atomic E-state index is 0.127. The average Bonchev–Trinajstić information content (AvgIpc) is 3.39. The summed E-state index contributed by atoms with van der Waals surface area (Å²) in [7, 11) is -3.54. The quantitative estimate of drug-likeness (QED) is 0.652. The van der Waals surface area contributed by atoms with Crippen LogP contribution < -0.4 is 0 Å². The highest BCUT2D eigenvalue weighted by molar-refractivity contribution is 7.92. The van der Waals surface area contributed by atoms with Crippen molar-refractivity contribution in [3.8, 4) is 5.69 Å². The van der Waals surface area contributed by atoms with Gasteiger partial charge in [0.25, 0.3) is 5.91 Å². The van der Waals surface area contributed by atoms with Gasteiger partial charge in [-0.25, -0.2) is 8.42 Å². The number of hydrogen-bond donors (Lipinski definition) is 0. The molecule has 144 valence electrons. The normalized spacial score (nSPS) is 17.0. The van der Waals surface area contributed by atoms with Gasteiger partial charge >= 0.3 is 0 Å². The van der Waals surface area contributed by atoms with E-state index in [1.165, 1.54) is 28.0 Å². The molecule has 1 aromatic heterocycles. The third-order valence-electron chi connectivity index (χ3n) is 4.71. The number of aromatic nitrogens is 3. The molecule has 2 heterocycles. The molecule has 0 radical (unpaired) electrons. The molecule has 1 aliphatic heterocycles. The zero-order valence-electron chi connectivity index (χ0n) is 14.8. The number of rotatable bonds is 4.